The number of hydrogen-bond donors (Lipinski definition) is 2. The van der Waals surface area contributed by atoms with E-state index in [2.05, 4.69) is 26.1 Å². The normalized spacial score (nSPS) is 27.2. The average Bonchev–Trinajstić information content (AvgIpc) is 2.49. The third-order valence-corrected chi connectivity index (χ3v) is 2.76. The van der Waals surface area contributed by atoms with Crippen LogP contribution in [0.25, 0.3) is 0 Å². The van der Waals surface area contributed by atoms with E-state index in [1.807, 2.05) is 0 Å². The lowest BCUT2D eigenvalue weighted by Crippen LogP contribution is -2.29. The molecule has 2 atom stereocenters. The van der Waals surface area contributed by atoms with Gasteiger partial charge in [-0.25, -0.2) is 0 Å². The highest BCUT2D eigenvalue weighted by molar-refractivity contribution is 4.76. The summed E-state index contributed by atoms with van der Waals surface area (Å²) in [6.07, 6.45) is 3.05. The molecule has 3 nitrogen and oxygen atoms in total. The van der Waals surface area contributed by atoms with Crippen LogP contribution in [0.1, 0.15) is 40.0 Å². The minimum atomic E-state index is -0.0531. The van der Waals surface area contributed by atoms with Crippen LogP contribution in [-0.2, 0) is 4.74 Å². The molecule has 1 saturated carbocycles. The monoisotopic (exact) mass is 215 g/mol. The zero-order valence-corrected chi connectivity index (χ0v) is 10.3. The third-order valence-electron chi connectivity index (χ3n) is 2.76. The Morgan fingerprint density at radius 1 is 1.33 bits per heavy atom. The van der Waals surface area contributed by atoms with Crippen LogP contribution in [-0.4, -0.2) is 36.5 Å². The van der Waals surface area contributed by atoms with Gasteiger partial charge in [0.25, 0.3) is 0 Å². The Morgan fingerprint density at radius 3 is 2.60 bits per heavy atom. The fourth-order valence-electron chi connectivity index (χ4n) is 1.97. The summed E-state index contributed by atoms with van der Waals surface area (Å²) in [4.78, 5) is 0. The van der Waals surface area contributed by atoms with Crippen molar-refractivity contribution in [2.24, 2.45) is 5.92 Å². The van der Waals surface area contributed by atoms with Crippen molar-refractivity contribution in [1.29, 1.82) is 0 Å². The van der Waals surface area contributed by atoms with E-state index in [0.29, 0.717) is 5.92 Å². The predicted octanol–water partition coefficient (Wildman–Crippen LogP) is 1.55. The number of aliphatic hydroxyl groups excluding tert-OH is 1. The zero-order chi connectivity index (χ0) is 11.3. The Kier molecular flexibility index (Phi) is 5.03. The smallest absolute Gasteiger partial charge is 0.0599 e. The minimum absolute atomic E-state index is 0.0365. The molecule has 2 unspecified atom stereocenters. The van der Waals surface area contributed by atoms with Gasteiger partial charge in [-0.05, 0) is 52.5 Å². The molecule has 2 N–H and O–H groups in total. The van der Waals surface area contributed by atoms with Gasteiger partial charge in [-0.3, -0.25) is 0 Å². The molecule has 0 heterocycles. The molecule has 0 saturated heterocycles. The molecule has 0 radical (unpaired) electrons. The lowest BCUT2D eigenvalue weighted by atomic mass is 10.1. The van der Waals surface area contributed by atoms with Gasteiger partial charge in [-0.15, -0.1) is 0 Å². The van der Waals surface area contributed by atoms with Gasteiger partial charge in [0.1, 0.15) is 0 Å². The summed E-state index contributed by atoms with van der Waals surface area (Å²) in [6, 6.07) is 0. The van der Waals surface area contributed by atoms with Crippen LogP contribution in [0.2, 0.25) is 0 Å². The Hall–Kier alpha value is -0.120. The first-order valence-electron chi connectivity index (χ1n) is 6.00. The summed E-state index contributed by atoms with van der Waals surface area (Å²) in [5.41, 5.74) is -0.0365. The lowest BCUT2D eigenvalue weighted by Gasteiger charge is -2.20. The largest absolute Gasteiger partial charge is 0.393 e. The highest BCUT2D eigenvalue weighted by Crippen LogP contribution is 2.24. The molecule has 1 fully saturated rings. The maximum absolute atomic E-state index is 9.36. The lowest BCUT2D eigenvalue weighted by molar-refractivity contribution is -0.00101. The molecule has 0 aliphatic heterocycles. The topological polar surface area (TPSA) is 41.5 Å². The van der Waals surface area contributed by atoms with Crippen molar-refractivity contribution in [3.63, 3.8) is 0 Å². The molecule has 0 aromatic rings. The van der Waals surface area contributed by atoms with Crippen molar-refractivity contribution >= 4 is 0 Å². The van der Waals surface area contributed by atoms with Crippen molar-refractivity contribution < 1.29 is 9.84 Å². The average molecular weight is 215 g/mol. The van der Waals surface area contributed by atoms with E-state index in [0.717, 1.165) is 39.0 Å². The maximum atomic E-state index is 9.36. The van der Waals surface area contributed by atoms with E-state index in [-0.39, 0.29) is 11.7 Å². The molecule has 1 aliphatic carbocycles. The van der Waals surface area contributed by atoms with Crippen molar-refractivity contribution in [1.82, 2.24) is 5.32 Å². The van der Waals surface area contributed by atoms with Gasteiger partial charge in [0.05, 0.1) is 18.3 Å². The quantitative estimate of drug-likeness (QED) is 0.684. The van der Waals surface area contributed by atoms with E-state index >= 15 is 0 Å². The summed E-state index contributed by atoms with van der Waals surface area (Å²) in [7, 11) is 0. The molecule has 0 spiro atoms. The van der Waals surface area contributed by atoms with Gasteiger partial charge in [0, 0.05) is 6.54 Å². The molecule has 15 heavy (non-hydrogen) atoms. The van der Waals surface area contributed by atoms with Crippen LogP contribution in [0.4, 0.5) is 0 Å². The van der Waals surface area contributed by atoms with Crippen molar-refractivity contribution in [2.75, 3.05) is 19.7 Å². The minimum Gasteiger partial charge on any atom is -0.393 e. The number of ether oxygens (including phenoxy) is 1. The maximum Gasteiger partial charge on any atom is 0.0599 e. The fourth-order valence-corrected chi connectivity index (χ4v) is 1.97. The Balaban J connectivity index is 1.93. The second-order valence-electron chi connectivity index (χ2n) is 5.50. The summed E-state index contributed by atoms with van der Waals surface area (Å²) in [6.45, 7) is 8.90. The van der Waals surface area contributed by atoms with Crippen molar-refractivity contribution in [3.8, 4) is 0 Å². The van der Waals surface area contributed by atoms with Crippen molar-refractivity contribution in [3.05, 3.63) is 0 Å². The molecule has 0 aromatic heterocycles. The van der Waals surface area contributed by atoms with E-state index in [4.69, 9.17) is 4.74 Å². The van der Waals surface area contributed by atoms with Gasteiger partial charge >= 0.3 is 0 Å². The number of hydrogen-bond acceptors (Lipinski definition) is 3. The fraction of sp³-hybridized carbons (Fsp3) is 1.00. The van der Waals surface area contributed by atoms with Crippen LogP contribution < -0.4 is 5.32 Å². The Labute approximate surface area is 93.2 Å². The SMILES string of the molecule is CC(C)(C)OCCNCC1CCC(O)C1. The molecule has 0 bridgehead atoms. The molecule has 1 rings (SSSR count). The van der Waals surface area contributed by atoms with Gasteiger partial charge in [0.2, 0.25) is 0 Å². The van der Waals surface area contributed by atoms with Crippen LogP contribution in [0.5, 0.6) is 0 Å². The molecule has 1 aliphatic rings. The molecule has 3 heteroatoms. The summed E-state index contributed by atoms with van der Waals surface area (Å²) >= 11 is 0. The third kappa shape index (κ3) is 6.13. The van der Waals surface area contributed by atoms with Crippen molar-refractivity contribution in [2.45, 2.75) is 51.7 Å². The summed E-state index contributed by atoms with van der Waals surface area (Å²) in [5.74, 6) is 0.662. The second-order valence-corrected chi connectivity index (χ2v) is 5.50. The van der Waals surface area contributed by atoms with Crippen LogP contribution in [0, 0.1) is 5.92 Å². The van der Waals surface area contributed by atoms with E-state index in [1.165, 1.54) is 0 Å². The van der Waals surface area contributed by atoms with Gasteiger partial charge in [-0.2, -0.15) is 0 Å². The first kappa shape index (κ1) is 12.9. The highest BCUT2D eigenvalue weighted by Gasteiger charge is 2.21. The highest BCUT2D eigenvalue weighted by atomic mass is 16.5. The van der Waals surface area contributed by atoms with Crippen LogP contribution >= 0.6 is 0 Å². The van der Waals surface area contributed by atoms with Gasteiger partial charge in [-0.1, -0.05) is 0 Å². The molecule has 0 amide bonds. The molecular weight excluding hydrogens is 190 g/mol. The summed E-state index contributed by atoms with van der Waals surface area (Å²) in [5, 5.41) is 12.7. The van der Waals surface area contributed by atoms with E-state index < -0.39 is 0 Å². The molecule has 0 aromatic carbocycles. The second kappa shape index (κ2) is 5.83. The Bertz CT molecular complexity index is 177. The van der Waals surface area contributed by atoms with Gasteiger partial charge < -0.3 is 15.2 Å². The first-order chi connectivity index (χ1) is 6.97. The first-order valence-corrected chi connectivity index (χ1v) is 6.00. The van der Waals surface area contributed by atoms with E-state index in [1.54, 1.807) is 0 Å². The summed E-state index contributed by atoms with van der Waals surface area (Å²) < 4.78 is 5.60. The number of aliphatic hydroxyl groups is 1. The van der Waals surface area contributed by atoms with Crippen LogP contribution in [0.15, 0.2) is 0 Å². The van der Waals surface area contributed by atoms with E-state index in [9.17, 15) is 5.11 Å². The number of rotatable bonds is 5. The Morgan fingerprint density at radius 2 is 2.07 bits per heavy atom. The predicted molar refractivity (Wildman–Crippen MR) is 61.9 cm³/mol. The zero-order valence-electron chi connectivity index (χ0n) is 10.3. The molecule has 90 valence electrons. The van der Waals surface area contributed by atoms with Crippen LogP contribution in [0.3, 0.4) is 0 Å². The molecular formula is C12H25NO2. The number of nitrogens with one attached hydrogen (secondary N) is 1. The standard InChI is InChI=1S/C12H25NO2/c1-12(2,3)15-7-6-13-9-10-4-5-11(14)8-10/h10-11,13-14H,4-9H2,1-3H3. The van der Waals surface area contributed by atoms with Gasteiger partial charge in [0.15, 0.2) is 0 Å².